The molecule has 0 atom stereocenters. The number of nitrogens with zero attached hydrogens (tertiary/aromatic N) is 6. The third-order valence-electron chi connectivity index (χ3n) is 6.46. The van der Waals surface area contributed by atoms with E-state index in [0.717, 1.165) is 79.2 Å². The Bertz CT molecular complexity index is 1070. The Morgan fingerprint density at radius 2 is 1.91 bits per heavy atom. The van der Waals surface area contributed by atoms with Gasteiger partial charge in [-0.3, -0.25) is 9.69 Å². The molecule has 3 aromatic rings. The van der Waals surface area contributed by atoms with Crippen LogP contribution in [0.1, 0.15) is 23.8 Å². The van der Waals surface area contributed by atoms with Gasteiger partial charge in [-0.25, -0.2) is 4.98 Å². The first-order valence-electron chi connectivity index (χ1n) is 11.6. The van der Waals surface area contributed by atoms with E-state index in [0.29, 0.717) is 12.5 Å². The number of likely N-dealkylation sites (tertiary alicyclic amines) is 1. The Hall–Kier alpha value is -2.82. The molecule has 3 aromatic heterocycles. The number of carbonyl (C=O) groups is 1. The topological polar surface area (TPSA) is 91.2 Å². The van der Waals surface area contributed by atoms with Crippen molar-refractivity contribution in [2.45, 2.75) is 18.8 Å². The fourth-order valence-corrected chi connectivity index (χ4v) is 5.53. The number of nitrogens with one attached hydrogen (secondary N) is 2. The van der Waals surface area contributed by atoms with Crippen LogP contribution in [0.2, 0.25) is 0 Å². The van der Waals surface area contributed by atoms with Gasteiger partial charge in [-0.15, -0.1) is 10.2 Å². The van der Waals surface area contributed by atoms with Gasteiger partial charge in [0.05, 0.1) is 12.1 Å². The zero-order valence-electron chi connectivity index (χ0n) is 18.9. The van der Waals surface area contributed by atoms with E-state index in [1.54, 1.807) is 11.3 Å². The highest BCUT2D eigenvalue weighted by molar-refractivity contribution is 7.14. The fraction of sp³-hybridized carbons (Fsp3) is 0.478. The molecule has 2 saturated heterocycles. The summed E-state index contributed by atoms with van der Waals surface area (Å²) in [4.78, 5) is 21.6. The molecule has 2 fully saturated rings. The highest BCUT2D eigenvalue weighted by atomic mass is 32.1. The van der Waals surface area contributed by atoms with E-state index in [4.69, 9.17) is 0 Å². The van der Waals surface area contributed by atoms with Crippen LogP contribution in [0, 0.1) is 0 Å². The molecule has 2 aliphatic rings. The van der Waals surface area contributed by atoms with E-state index in [1.165, 1.54) is 0 Å². The largest absolute Gasteiger partial charge is 0.387 e. The van der Waals surface area contributed by atoms with Crippen LogP contribution in [0.15, 0.2) is 36.8 Å². The van der Waals surface area contributed by atoms with Crippen molar-refractivity contribution in [2.24, 2.45) is 0 Å². The van der Waals surface area contributed by atoms with E-state index in [-0.39, 0.29) is 5.91 Å². The molecule has 33 heavy (non-hydrogen) atoms. The van der Waals surface area contributed by atoms with Gasteiger partial charge in [0.2, 0.25) is 5.91 Å². The number of hydrogen-bond acceptors (Lipinski definition) is 8. The van der Waals surface area contributed by atoms with Crippen molar-refractivity contribution < 1.29 is 4.79 Å². The second-order valence-corrected chi connectivity index (χ2v) is 9.56. The average Bonchev–Trinajstić information content (AvgIpc) is 3.57. The normalized spacial score (nSPS) is 17.9. The molecule has 0 aromatic carbocycles. The van der Waals surface area contributed by atoms with Crippen molar-refractivity contribution in [3.8, 4) is 16.4 Å². The number of piperazine rings is 1. The maximum absolute atomic E-state index is 12.7. The maximum Gasteiger partial charge on any atom is 0.236 e. The molecule has 0 aliphatic carbocycles. The number of piperidine rings is 1. The number of anilines is 1. The molecule has 174 valence electrons. The average molecular weight is 467 g/mol. The number of hydrogen-bond donors (Lipinski definition) is 2. The lowest BCUT2D eigenvalue weighted by Gasteiger charge is -2.33. The third-order valence-corrected chi connectivity index (χ3v) is 7.58. The first-order chi connectivity index (χ1) is 16.2. The molecular weight excluding hydrogens is 436 g/mol. The summed E-state index contributed by atoms with van der Waals surface area (Å²) < 4.78 is 1.98. The van der Waals surface area contributed by atoms with Crippen molar-refractivity contribution in [2.75, 3.05) is 58.2 Å². The number of pyridine rings is 1. The highest BCUT2D eigenvalue weighted by Gasteiger charge is 2.27. The summed E-state index contributed by atoms with van der Waals surface area (Å²) in [6.07, 6.45) is 7.69. The lowest BCUT2D eigenvalue weighted by molar-refractivity contribution is -0.133. The van der Waals surface area contributed by atoms with E-state index in [1.807, 2.05) is 53.3 Å². The van der Waals surface area contributed by atoms with E-state index < -0.39 is 0 Å². The van der Waals surface area contributed by atoms with Gasteiger partial charge in [-0.05, 0) is 25.0 Å². The lowest BCUT2D eigenvalue weighted by atomic mass is 9.97. The van der Waals surface area contributed by atoms with E-state index in [2.05, 4.69) is 30.7 Å². The maximum atomic E-state index is 12.7. The van der Waals surface area contributed by atoms with Crippen LogP contribution in [-0.2, 0) is 4.79 Å². The van der Waals surface area contributed by atoms with Gasteiger partial charge >= 0.3 is 0 Å². The van der Waals surface area contributed by atoms with Crippen molar-refractivity contribution in [3.63, 3.8) is 0 Å². The number of carbonyl (C=O) groups excluding carboxylic acids is 1. The standard InChI is InChI=1S/C23H30N8OS/c1-24-19-14-20(30-8-2-3-9-30)26-15-18(19)23-28-27-22(33-23)17-4-10-31(11-5-17)21(32)16-29-12-6-25-7-13-29/h2-3,8-9,14-15,17,25H,4-7,10-13,16H2,1H3,(H,24,26). The lowest BCUT2D eigenvalue weighted by Crippen LogP contribution is -2.49. The minimum Gasteiger partial charge on any atom is -0.387 e. The summed E-state index contributed by atoms with van der Waals surface area (Å²) in [5, 5.41) is 17.5. The Morgan fingerprint density at radius 1 is 1.15 bits per heavy atom. The summed E-state index contributed by atoms with van der Waals surface area (Å²) in [5.41, 5.74) is 1.94. The van der Waals surface area contributed by atoms with Crippen LogP contribution in [0.25, 0.3) is 16.4 Å². The van der Waals surface area contributed by atoms with Gasteiger partial charge < -0.3 is 20.1 Å². The molecule has 9 nitrogen and oxygen atoms in total. The summed E-state index contributed by atoms with van der Waals surface area (Å²) in [6.45, 7) is 5.95. The van der Waals surface area contributed by atoms with Crippen molar-refractivity contribution in [3.05, 3.63) is 41.8 Å². The van der Waals surface area contributed by atoms with Crippen molar-refractivity contribution in [1.82, 2.24) is 34.9 Å². The second kappa shape index (κ2) is 9.98. The van der Waals surface area contributed by atoms with E-state index in [9.17, 15) is 4.79 Å². The van der Waals surface area contributed by atoms with Gasteiger partial charge in [0.15, 0.2) is 5.01 Å². The van der Waals surface area contributed by atoms with Crippen LogP contribution in [-0.4, -0.2) is 88.3 Å². The summed E-state index contributed by atoms with van der Waals surface area (Å²) in [5.74, 6) is 1.46. The predicted molar refractivity (Wildman–Crippen MR) is 130 cm³/mol. The minimum atomic E-state index is 0.251. The third kappa shape index (κ3) is 4.92. The van der Waals surface area contributed by atoms with Crippen molar-refractivity contribution >= 4 is 22.9 Å². The zero-order chi connectivity index (χ0) is 22.6. The van der Waals surface area contributed by atoms with Gasteiger partial charge in [0.25, 0.3) is 0 Å². The van der Waals surface area contributed by atoms with Crippen molar-refractivity contribution in [1.29, 1.82) is 0 Å². The summed E-state index contributed by atoms with van der Waals surface area (Å²) in [7, 11) is 1.91. The molecule has 1 amide bonds. The molecule has 0 saturated carbocycles. The van der Waals surface area contributed by atoms with Crippen LogP contribution < -0.4 is 10.6 Å². The molecule has 0 bridgehead atoms. The molecule has 0 radical (unpaired) electrons. The molecule has 10 heteroatoms. The van der Waals surface area contributed by atoms with Gasteiger partial charge in [0.1, 0.15) is 10.8 Å². The zero-order valence-corrected chi connectivity index (χ0v) is 19.7. The number of rotatable bonds is 6. The molecule has 2 aliphatic heterocycles. The molecule has 5 heterocycles. The first-order valence-corrected chi connectivity index (χ1v) is 12.4. The quantitative estimate of drug-likeness (QED) is 0.574. The van der Waals surface area contributed by atoms with Crippen LogP contribution in [0.5, 0.6) is 0 Å². The smallest absolute Gasteiger partial charge is 0.236 e. The first kappa shape index (κ1) is 22.0. The Kier molecular flexibility index (Phi) is 6.65. The molecule has 0 unspecified atom stereocenters. The molecule has 2 N–H and O–H groups in total. The minimum absolute atomic E-state index is 0.251. The monoisotopic (exact) mass is 466 g/mol. The van der Waals surface area contributed by atoms with Gasteiger partial charge in [0, 0.05) is 82.6 Å². The second-order valence-electron chi connectivity index (χ2n) is 8.56. The highest BCUT2D eigenvalue weighted by Crippen LogP contribution is 2.36. The number of amides is 1. The number of aromatic nitrogens is 4. The van der Waals surface area contributed by atoms with Gasteiger partial charge in [-0.2, -0.15) is 0 Å². The Balaban J connectivity index is 1.22. The molecular formula is C23H30N8OS. The SMILES string of the molecule is CNc1cc(-n2cccc2)ncc1-c1nnc(C2CCN(C(=O)CN3CCNCC3)CC2)s1. The van der Waals surface area contributed by atoms with Crippen LogP contribution in [0.4, 0.5) is 5.69 Å². The molecule has 0 spiro atoms. The van der Waals surface area contributed by atoms with Crippen LogP contribution >= 0.6 is 11.3 Å². The predicted octanol–water partition coefficient (Wildman–Crippen LogP) is 2.04. The van der Waals surface area contributed by atoms with Crippen LogP contribution in [0.3, 0.4) is 0 Å². The fourth-order valence-electron chi connectivity index (χ4n) is 4.49. The summed E-state index contributed by atoms with van der Waals surface area (Å²) in [6, 6.07) is 5.99. The summed E-state index contributed by atoms with van der Waals surface area (Å²) >= 11 is 1.64. The Labute approximate surface area is 197 Å². The van der Waals surface area contributed by atoms with Gasteiger partial charge in [-0.1, -0.05) is 11.3 Å². The molecule has 5 rings (SSSR count). The Morgan fingerprint density at radius 3 is 2.64 bits per heavy atom. The van der Waals surface area contributed by atoms with E-state index >= 15 is 0 Å².